The van der Waals surface area contributed by atoms with E-state index in [1.54, 1.807) is 12.4 Å². The van der Waals surface area contributed by atoms with Gasteiger partial charge in [0.1, 0.15) is 0 Å². The normalized spacial score (nSPS) is 10.5. The Hall–Kier alpha value is -1.98. The molecule has 5 nitrogen and oxygen atoms in total. The zero-order chi connectivity index (χ0) is 15.1. The number of aryl methyl sites for hydroxylation is 1. The van der Waals surface area contributed by atoms with Crippen molar-refractivity contribution in [1.82, 2.24) is 4.98 Å². The number of aromatic nitrogens is 1. The molecule has 1 heterocycles. The molecule has 0 fully saturated rings. The van der Waals surface area contributed by atoms with Gasteiger partial charge in [-0.1, -0.05) is 11.6 Å². The molecule has 0 bridgehead atoms. The molecule has 0 aliphatic heterocycles. The van der Waals surface area contributed by atoms with Crippen molar-refractivity contribution >= 4 is 17.3 Å². The van der Waals surface area contributed by atoms with Gasteiger partial charge in [0.15, 0.2) is 0 Å². The maximum atomic E-state index is 10.7. The molecule has 1 aromatic carbocycles. The van der Waals surface area contributed by atoms with Crippen LogP contribution in [-0.4, -0.2) is 16.5 Å². The number of nitrogens with zero attached hydrogens (tertiary/aromatic N) is 2. The summed E-state index contributed by atoms with van der Waals surface area (Å²) in [6, 6.07) is 8.30. The molecule has 2 aromatic rings. The summed E-state index contributed by atoms with van der Waals surface area (Å²) in [5.41, 5.74) is 1.87. The van der Waals surface area contributed by atoms with Crippen molar-refractivity contribution in [2.75, 3.05) is 6.61 Å². The highest BCUT2D eigenvalue weighted by molar-refractivity contribution is 6.31. The number of rotatable bonds is 7. The number of non-ortho nitro benzene ring substituents is 1. The molecule has 0 saturated heterocycles. The number of pyridine rings is 1. The number of halogens is 1. The second kappa shape index (κ2) is 7.71. The van der Waals surface area contributed by atoms with Crippen LogP contribution in [0.15, 0.2) is 42.7 Å². The summed E-state index contributed by atoms with van der Waals surface area (Å²) < 4.78 is 5.53. The number of nitro benzene ring substituents is 1. The van der Waals surface area contributed by atoms with Crippen molar-refractivity contribution in [2.45, 2.75) is 19.4 Å². The van der Waals surface area contributed by atoms with Crippen molar-refractivity contribution < 1.29 is 9.66 Å². The molecule has 0 saturated carbocycles. The summed E-state index contributed by atoms with van der Waals surface area (Å²) in [6.07, 6.45) is 5.31. The van der Waals surface area contributed by atoms with Crippen LogP contribution in [0.5, 0.6) is 0 Å². The Morgan fingerprint density at radius 3 is 2.71 bits per heavy atom. The molecule has 0 amide bonds. The lowest BCUT2D eigenvalue weighted by Crippen LogP contribution is -1.99. The van der Waals surface area contributed by atoms with E-state index >= 15 is 0 Å². The van der Waals surface area contributed by atoms with E-state index in [9.17, 15) is 10.1 Å². The second-order valence-electron chi connectivity index (χ2n) is 4.54. The fraction of sp³-hybridized carbons (Fsp3) is 0.267. The highest BCUT2D eigenvalue weighted by Gasteiger charge is 2.09. The van der Waals surface area contributed by atoms with Crippen LogP contribution in [0.3, 0.4) is 0 Å². The minimum absolute atomic E-state index is 0.0229. The molecule has 0 unspecified atom stereocenters. The minimum Gasteiger partial charge on any atom is -0.377 e. The first kappa shape index (κ1) is 15.4. The van der Waals surface area contributed by atoms with Crippen LogP contribution in [0.4, 0.5) is 5.69 Å². The molecular weight excluding hydrogens is 292 g/mol. The Morgan fingerprint density at radius 1 is 1.24 bits per heavy atom. The summed E-state index contributed by atoms with van der Waals surface area (Å²) in [5.74, 6) is 0. The SMILES string of the molecule is O=[N+]([O-])c1ccc(Cl)c(COCCCc2ccncc2)c1. The molecule has 1 aromatic heterocycles. The molecule has 0 aliphatic rings. The van der Waals surface area contributed by atoms with Crippen LogP contribution in [0, 0.1) is 10.1 Å². The Bertz CT molecular complexity index is 605. The van der Waals surface area contributed by atoms with E-state index < -0.39 is 4.92 Å². The van der Waals surface area contributed by atoms with E-state index in [0.717, 1.165) is 12.8 Å². The standard InChI is InChI=1S/C15H15ClN2O3/c16-15-4-3-14(18(19)20)10-13(15)11-21-9-1-2-12-5-7-17-8-6-12/h3-8,10H,1-2,9,11H2. The smallest absolute Gasteiger partial charge is 0.269 e. The average Bonchev–Trinajstić information content (AvgIpc) is 2.49. The molecule has 2 rings (SSSR count). The molecule has 0 N–H and O–H groups in total. The fourth-order valence-electron chi connectivity index (χ4n) is 1.90. The van der Waals surface area contributed by atoms with Gasteiger partial charge >= 0.3 is 0 Å². The predicted octanol–water partition coefficient (Wildman–Crippen LogP) is 3.79. The maximum absolute atomic E-state index is 10.7. The Morgan fingerprint density at radius 2 is 2.00 bits per heavy atom. The third-order valence-electron chi connectivity index (χ3n) is 3.00. The van der Waals surface area contributed by atoms with E-state index in [2.05, 4.69) is 4.98 Å². The van der Waals surface area contributed by atoms with Gasteiger partial charge in [-0.3, -0.25) is 15.1 Å². The van der Waals surface area contributed by atoms with Crippen LogP contribution in [0.2, 0.25) is 5.02 Å². The van der Waals surface area contributed by atoms with E-state index in [1.165, 1.54) is 23.8 Å². The zero-order valence-electron chi connectivity index (χ0n) is 11.4. The zero-order valence-corrected chi connectivity index (χ0v) is 12.1. The molecule has 0 atom stereocenters. The van der Waals surface area contributed by atoms with E-state index in [-0.39, 0.29) is 12.3 Å². The van der Waals surface area contributed by atoms with Gasteiger partial charge in [0.05, 0.1) is 11.5 Å². The Labute approximate surface area is 127 Å². The number of hydrogen-bond donors (Lipinski definition) is 0. The van der Waals surface area contributed by atoms with Crippen LogP contribution >= 0.6 is 11.6 Å². The van der Waals surface area contributed by atoms with Gasteiger partial charge in [0.25, 0.3) is 5.69 Å². The second-order valence-corrected chi connectivity index (χ2v) is 4.95. The fourth-order valence-corrected chi connectivity index (χ4v) is 2.07. The van der Waals surface area contributed by atoms with E-state index in [4.69, 9.17) is 16.3 Å². The lowest BCUT2D eigenvalue weighted by atomic mass is 10.1. The van der Waals surface area contributed by atoms with Crippen molar-refractivity contribution in [1.29, 1.82) is 0 Å². The lowest BCUT2D eigenvalue weighted by Gasteiger charge is -2.06. The van der Waals surface area contributed by atoms with Gasteiger partial charge in [0, 0.05) is 41.7 Å². The summed E-state index contributed by atoms with van der Waals surface area (Å²) in [4.78, 5) is 14.2. The number of hydrogen-bond acceptors (Lipinski definition) is 4. The Kier molecular flexibility index (Phi) is 5.66. The number of nitro groups is 1. The van der Waals surface area contributed by atoms with Gasteiger partial charge in [0.2, 0.25) is 0 Å². The van der Waals surface area contributed by atoms with Crippen LogP contribution in [0.1, 0.15) is 17.5 Å². The third kappa shape index (κ3) is 4.81. The maximum Gasteiger partial charge on any atom is 0.269 e. The van der Waals surface area contributed by atoms with Gasteiger partial charge in [-0.25, -0.2) is 0 Å². The highest BCUT2D eigenvalue weighted by Crippen LogP contribution is 2.22. The average molecular weight is 307 g/mol. The van der Waals surface area contributed by atoms with Gasteiger partial charge in [-0.05, 0) is 36.6 Å². The lowest BCUT2D eigenvalue weighted by molar-refractivity contribution is -0.384. The van der Waals surface area contributed by atoms with Crippen molar-refractivity contribution in [3.8, 4) is 0 Å². The molecular formula is C15H15ClN2O3. The Balaban J connectivity index is 1.78. The molecule has 6 heteroatoms. The predicted molar refractivity (Wildman–Crippen MR) is 80.3 cm³/mol. The van der Waals surface area contributed by atoms with Gasteiger partial charge in [-0.2, -0.15) is 0 Å². The molecule has 110 valence electrons. The third-order valence-corrected chi connectivity index (χ3v) is 3.37. The summed E-state index contributed by atoms with van der Waals surface area (Å²) in [6.45, 7) is 0.845. The van der Waals surface area contributed by atoms with Crippen molar-refractivity contribution in [3.63, 3.8) is 0 Å². The molecule has 21 heavy (non-hydrogen) atoms. The molecule has 0 radical (unpaired) electrons. The van der Waals surface area contributed by atoms with Crippen LogP contribution < -0.4 is 0 Å². The monoisotopic (exact) mass is 306 g/mol. The van der Waals surface area contributed by atoms with Crippen molar-refractivity contribution in [3.05, 3.63) is 69.0 Å². The summed E-state index contributed by atoms with van der Waals surface area (Å²) in [5, 5.41) is 11.2. The van der Waals surface area contributed by atoms with Gasteiger partial charge in [-0.15, -0.1) is 0 Å². The summed E-state index contributed by atoms with van der Waals surface area (Å²) in [7, 11) is 0. The van der Waals surface area contributed by atoms with Crippen molar-refractivity contribution in [2.24, 2.45) is 0 Å². The first-order valence-corrected chi connectivity index (χ1v) is 6.94. The number of benzene rings is 1. The first-order valence-electron chi connectivity index (χ1n) is 6.56. The van der Waals surface area contributed by atoms with E-state index in [0.29, 0.717) is 17.2 Å². The van der Waals surface area contributed by atoms with Gasteiger partial charge < -0.3 is 4.74 Å². The highest BCUT2D eigenvalue weighted by atomic mass is 35.5. The summed E-state index contributed by atoms with van der Waals surface area (Å²) >= 11 is 6.00. The van der Waals surface area contributed by atoms with E-state index in [1.807, 2.05) is 12.1 Å². The van der Waals surface area contributed by atoms with Crippen LogP contribution in [-0.2, 0) is 17.8 Å². The first-order chi connectivity index (χ1) is 10.2. The number of ether oxygens (including phenoxy) is 1. The molecule has 0 spiro atoms. The largest absolute Gasteiger partial charge is 0.377 e. The minimum atomic E-state index is -0.441. The van der Waals surface area contributed by atoms with Crippen LogP contribution in [0.25, 0.3) is 0 Å². The topological polar surface area (TPSA) is 65.3 Å². The molecule has 0 aliphatic carbocycles. The quantitative estimate of drug-likeness (QED) is 0.443.